The van der Waals surface area contributed by atoms with E-state index in [1.807, 2.05) is 37.4 Å². The molecule has 1 unspecified atom stereocenters. The number of pyridine rings is 1. The highest BCUT2D eigenvalue weighted by atomic mass is 35.5. The van der Waals surface area contributed by atoms with Crippen LogP contribution < -0.4 is 5.73 Å². The van der Waals surface area contributed by atoms with E-state index in [-0.39, 0.29) is 18.3 Å². The summed E-state index contributed by atoms with van der Waals surface area (Å²) in [7, 11) is 0. The van der Waals surface area contributed by atoms with E-state index >= 15 is 0 Å². The van der Waals surface area contributed by atoms with E-state index < -0.39 is 0 Å². The summed E-state index contributed by atoms with van der Waals surface area (Å²) in [6.45, 7) is 4.06. The Bertz CT molecular complexity index is 1030. The maximum atomic E-state index is 6.19. The quantitative estimate of drug-likeness (QED) is 0.521. The zero-order valence-electron chi connectivity index (χ0n) is 14.5. The van der Waals surface area contributed by atoms with Crippen LogP contribution in [0.2, 0.25) is 0 Å². The lowest BCUT2D eigenvalue weighted by atomic mass is 9.99. The van der Waals surface area contributed by atoms with Gasteiger partial charge in [-0.1, -0.05) is 13.0 Å². The molecule has 4 heterocycles. The zero-order chi connectivity index (χ0) is 17.4. The highest BCUT2D eigenvalue weighted by Gasteiger charge is 2.19. The lowest BCUT2D eigenvalue weighted by molar-refractivity contribution is 0.544. The Morgan fingerprint density at radius 1 is 1.19 bits per heavy atom. The molecule has 0 fully saturated rings. The van der Waals surface area contributed by atoms with Crippen molar-refractivity contribution in [2.45, 2.75) is 26.2 Å². The summed E-state index contributed by atoms with van der Waals surface area (Å²) in [4.78, 5) is 15.7. The highest BCUT2D eigenvalue weighted by molar-refractivity contribution is 7.18. The van der Waals surface area contributed by atoms with Crippen molar-refractivity contribution in [1.82, 2.24) is 15.0 Å². The van der Waals surface area contributed by atoms with E-state index in [0.717, 1.165) is 28.1 Å². The third kappa shape index (κ3) is 3.30. The SMILES string of the molecule is CCC(c1ccccn1)c1cc2c(N)nc(-c3ccc(C)o3)nc2s1.Cl. The minimum Gasteiger partial charge on any atom is -0.458 e. The van der Waals surface area contributed by atoms with Crippen LogP contribution in [0.15, 0.2) is 47.0 Å². The molecular formula is C19H19ClN4OS. The normalized spacial score (nSPS) is 12.1. The van der Waals surface area contributed by atoms with Crippen molar-refractivity contribution in [3.05, 3.63) is 58.9 Å². The molecule has 0 amide bonds. The molecule has 2 N–H and O–H groups in total. The third-order valence-corrected chi connectivity index (χ3v) is 5.34. The molecule has 0 saturated heterocycles. The van der Waals surface area contributed by atoms with Gasteiger partial charge in [0.15, 0.2) is 11.6 Å². The molecule has 4 aromatic rings. The second-order valence-electron chi connectivity index (χ2n) is 5.93. The van der Waals surface area contributed by atoms with Crippen LogP contribution in [0.1, 0.15) is 35.6 Å². The van der Waals surface area contributed by atoms with Gasteiger partial charge in [-0.2, -0.15) is 0 Å². The number of anilines is 1. The molecule has 0 saturated carbocycles. The summed E-state index contributed by atoms with van der Waals surface area (Å²) in [5.74, 6) is 2.70. The van der Waals surface area contributed by atoms with E-state index in [0.29, 0.717) is 17.4 Å². The summed E-state index contributed by atoms with van der Waals surface area (Å²) in [6.07, 6.45) is 2.79. The summed E-state index contributed by atoms with van der Waals surface area (Å²) < 4.78 is 5.63. The first-order valence-electron chi connectivity index (χ1n) is 8.20. The van der Waals surface area contributed by atoms with E-state index in [1.54, 1.807) is 11.3 Å². The second-order valence-corrected chi connectivity index (χ2v) is 6.99. The first kappa shape index (κ1) is 18.4. The number of nitrogen functional groups attached to an aromatic ring is 1. The predicted molar refractivity (Wildman–Crippen MR) is 108 cm³/mol. The molecule has 0 bridgehead atoms. The van der Waals surface area contributed by atoms with Crippen LogP contribution >= 0.6 is 23.7 Å². The predicted octanol–water partition coefficient (Wildman–Crippen LogP) is 5.20. The van der Waals surface area contributed by atoms with Crippen molar-refractivity contribution in [3.8, 4) is 11.6 Å². The Kier molecular flexibility index (Phi) is 5.25. The van der Waals surface area contributed by atoms with E-state index in [2.05, 4.69) is 34.0 Å². The highest BCUT2D eigenvalue weighted by Crippen LogP contribution is 2.37. The van der Waals surface area contributed by atoms with Crippen LogP contribution in [0, 0.1) is 6.92 Å². The molecule has 0 radical (unpaired) electrons. The van der Waals surface area contributed by atoms with Crippen molar-refractivity contribution in [3.63, 3.8) is 0 Å². The number of nitrogens with two attached hydrogens (primary N) is 1. The topological polar surface area (TPSA) is 77.8 Å². The Hall–Kier alpha value is -2.44. The first-order valence-corrected chi connectivity index (χ1v) is 9.02. The van der Waals surface area contributed by atoms with Gasteiger partial charge in [-0.15, -0.1) is 23.7 Å². The number of rotatable bonds is 4. The fourth-order valence-corrected chi connectivity index (χ4v) is 4.17. The number of aromatic nitrogens is 3. The minimum atomic E-state index is 0. The van der Waals surface area contributed by atoms with Gasteiger partial charge in [0.1, 0.15) is 16.4 Å². The average Bonchev–Trinajstić information content (AvgIpc) is 3.23. The van der Waals surface area contributed by atoms with Crippen molar-refractivity contribution < 1.29 is 4.42 Å². The largest absolute Gasteiger partial charge is 0.458 e. The van der Waals surface area contributed by atoms with Gasteiger partial charge in [0.2, 0.25) is 0 Å². The van der Waals surface area contributed by atoms with E-state index in [1.165, 1.54) is 4.88 Å². The first-order chi connectivity index (χ1) is 12.2. The molecule has 0 aliphatic carbocycles. The van der Waals surface area contributed by atoms with Crippen LogP contribution in [0.4, 0.5) is 5.82 Å². The number of fused-ring (bicyclic) bond motifs is 1. The maximum absolute atomic E-state index is 6.19. The van der Waals surface area contributed by atoms with Gasteiger partial charge < -0.3 is 10.2 Å². The zero-order valence-corrected chi connectivity index (χ0v) is 16.1. The Labute approximate surface area is 161 Å². The molecule has 0 spiro atoms. The molecule has 4 rings (SSSR count). The number of halogens is 1. The smallest absolute Gasteiger partial charge is 0.199 e. The molecule has 5 nitrogen and oxygen atoms in total. The monoisotopic (exact) mass is 386 g/mol. The number of aryl methyl sites for hydroxylation is 1. The summed E-state index contributed by atoms with van der Waals surface area (Å²) in [6, 6.07) is 11.9. The number of hydrogen-bond donors (Lipinski definition) is 1. The van der Waals surface area contributed by atoms with Crippen molar-refractivity contribution in [1.29, 1.82) is 0 Å². The van der Waals surface area contributed by atoms with Crippen molar-refractivity contribution in [2.75, 3.05) is 5.73 Å². The Morgan fingerprint density at radius 3 is 2.69 bits per heavy atom. The van der Waals surface area contributed by atoms with Crippen LogP contribution in [0.5, 0.6) is 0 Å². The van der Waals surface area contributed by atoms with Gasteiger partial charge in [0.05, 0.1) is 5.39 Å². The molecule has 7 heteroatoms. The number of hydrogen-bond acceptors (Lipinski definition) is 6. The lowest BCUT2D eigenvalue weighted by Gasteiger charge is -2.11. The third-order valence-electron chi connectivity index (χ3n) is 4.20. The number of thiophene rings is 1. The summed E-state index contributed by atoms with van der Waals surface area (Å²) >= 11 is 1.64. The molecule has 4 aromatic heterocycles. The van der Waals surface area contributed by atoms with Crippen LogP contribution in [0.3, 0.4) is 0 Å². The lowest BCUT2D eigenvalue weighted by Crippen LogP contribution is -1.99. The molecule has 134 valence electrons. The van der Waals surface area contributed by atoms with Crippen molar-refractivity contribution >= 4 is 39.8 Å². The van der Waals surface area contributed by atoms with Gasteiger partial charge in [0.25, 0.3) is 0 Å². The molecule has 0 aliphatic rings. The minimum absolute atomic E-state index is 0. The maximum Gasteiger partial charge on any atom is 0.199 e. The summed E-state index contributed by atoms with van der Waals surface area (Å²) in [5.41, 5.74) is 7.25. The van der Waals surface area contributed by atoms with Crippen molar-refractivity contribution in [2.24, 2.45) is 0 Å². The molecule has 26 heavy (non-hydrogen) atoms. The van der Waals surface area contributed by atoms with Gasteiger partial charge in [-0.05, 0) is 43.7 Å². The molecule has 0 aliphatic heterocycles. The number of nitrogens with zero attached hydrogens (tertiary/aromatic N) is 3. The van der Waals surface area contributed by atoms with E-state index in [4.69, 9.17) is 10.2 Å². The van der Waals surface area contributed by atoms with Crippen LogP contribution in [0.25, 0.3) is 21.8 Å². The second kappa shape index (κ2) is 7.43. The van der Waals surface area contributed by atoms with Crippen LogP contribution in [-0.4, -0.2) is 15.0 Å². The standard InChI is InChI=1S/C19H18N4OS.ClH/c1-3-12(14-6-4-5-9-21-14)16-10-13-17(20)22-18(23-19(13)25-16)15-8-7-11(2)24-15;/h4-10,12H,3H2,1-2H3,(H2,20,22,23);1H. The fraction of sp³-hybridized carbons (Fsp3) is 0.211. The van der Waals surface area contributed by atoms with Gasteiger partial charge in [0, 0.05) is 22.7 Å². The summed E-state index contributed by atoms with van der Waals surface area (Å²) in [5, 5.41) is 0.890. The average molecular weight is 387 g/mol. The van der Waals surface area contributed by atoms with Gasteiger partial charge >= 0.3 is 0 Å². The Balaban J connectivity index is 0.00000196. The Morgan fingerprint density at radius 2 is 2.04 bits per heavy atom. The van der Waals surface area contributed by atoms with Crippen LogP contribution in [-0.2, 0) is 0 Å². The van der Waals surface area contributed by atoms with Gasteiger partial charge in [-0.25, -0.2) is 9.97 Å². The van der Waals surface area contributed by atoms with Gasteiger partial charge in [-0.3, -0.25) is 4.98 Å². The fourth-order valence-electron chi connectivity index (χ4n) is 2.94. The molecule has 0 aromatic carbocycles. The molecular weight excluding hydrogens is 368 g/mol. The van der Waals surface area contributed by atoms with E-state index in [9.17, 15) is 0 Å². The number of furan rings is 1. The molecule has 1 atom stereocenters.